The molecule has 10 aromatic rings. The summed E-state index contributed by atoms with van der Waals surface area (Å²) in [6, 6.07) is 31.8. The molecule has 5 fully saturated rings. The number of carbonyl (C=O) groups excluding carboxylic acids is 4. The van der Waals surface area contributed by atoms with Gasteiger partial charge in [-0.1, -0.05) is 23.7 Å². The maximum Gasteiger partial charge on any atom is 0.417 e. The van der Waals surface area contributed by atoms with E-state index < -0.39 is 123 Å². The Hall–Kier alpha value is -12.6. The van der Waals surface area contributed by atoms with E-state index in [0.717, 1.165) is 78.9 Å². The molecule has 8 amide bonds. The molecule has 20 nitrogen and oxygen atoms in total. The third-order valence-electron chi connectivity index (χ3n) is 23.9. The third-order valence-corrected chi connectivity index (χ3v) is 24.2. The smallest absolute Gasteiger partial charge is 0.417 e. The van der Waals surface area contributed by atoms with Crippen LogP contribution in [0.25, 0.3) is 0 Å². The fourth-order valence-corrected chi connectivity index (χ4v) is 16.8. The number of halogens is 22. The van der Waals surface area contributed by atoms with Gasteiger partial charge in [0.15, 0.2) is 34.5 Å². The fraction of sp³-hybridized carbons (Fsp3) is 0.363. The van der Waals surface area contributed by atoms with Crippen molar-refractivity contribution in [2.75, 3.05) is 87.3 Å². The van der Waals surface area contributed by atoms with Gasteiger partial charge in [-0.15, -0.1) is 0 Å². The number of methoxy groups -OCH3 is 1. The van der Waals surface area contributed by atoms with E-state index in [1.807, 2.05) is 0 Å². The van der Waals surface area contributed by atoms with Crippen molar-refractivity contribution in [3.8, 4) is 5.75 Å². The number of alkyl halides is 20. The number of nitrogens with one attached hydrogen (secondary N) is 4. The number of ether oxygens (including phenoxy) is 1. The number of rotatable bonds is 12. The summed E-state index contributed by atoms with van der Waals surface area (Å²) in [6.45, 7) is 3.72. The number of amides is 8. The number of aromatic nitrogens is 6. The average Bonchev–Trinajstić information content (AvgIpc) is 0.722. The van der Waals surface area contributed by atoms with Crippen molar-refractivity contribution in [1.82, 2.24) is 54.0 Å². The van der Waals surface area contributed by atoms with Crippen LogP contribution in [0.4, 0.5) is 140 Å². The first-order chi connectivity index (χ1) is 62.6. The first-order valence-electron chi connectivity index (χ1n) is 41.4. The Labute approximate surface area is 753 Å². The van der Waals surface area contributed by atoms with Gasteiger partial charge in [0.25, 0.3) is 0 Å². The zero-order valence-corrected chi connectivity index (χ0v) is 71.7. The molecule has 42 heteroatoms. The molecule has 5 aliphatic rings. The average molecular weight is 1900 g/mol. The number of hydrogen-bond acceptors (Lipinski definition) is 11. The Morgan fingerprint density at radius 2 is 0.707 bits per heavy atom. The number of hydrogen-bond donors (Lipinski definition) is 4. The molecule has 2 unspecified atom stereocenters. The molecule has 4 aromatic carbocycles. The molecule has 4 N–H and O–H groups in total. The van der Waals surface area contributed by atoms with Crippen molar-refractivity contribution in [2.24, 2.45) is 0 Å². The molecule has 0 saturated carbocycles. The van der Waals surface area contributed by atoms with Crippen molar-refractivity contribution >= 4 is 64.3 Å². The maximum atomic E-state index is 17.4. The first-order valence-corrected chi connectivity index (χ1v) is 41.8. The van der Waals surface area contributed by atoms with Gasteiger partial charge < -0.3 is 35.4 Å². The molecule has 6 aromatic heterocycles. The van der Waals surface area contributed by atoms with E-state index in [2.05, 4.69) is 51.2 Å². The van der Waals surface area contributed by atoms with Crippen molar-refractivity contribution < 1.29 is 116 Å². The van der Waals surface area contributed by atoms with Crippen LogP contribution in [-0.4, -0.2) is 146 Å². The van der Waals surface area contributed by atoms with Gasteiger partial charge in [-0.05, 0) is 183 Å². The Balaban J connectivity index is 0.000000168. The normalized spacial score (nSPS) is 20.2. The number of benzene rings is 4. The minimum absolute atomic E-state index is 0.0268. The summed E-state index contributed by atoms with van der Waals surface area (Å²) in [4.78, 5) is 80.7. The molecule has 11 heterocycles. The van der Waals surface area contributed by atoms with Gasteiger partial charge in [-0.3, -0.25) is 39.6 Å². The van der Waals surface area contributed by atoms with Crippen LogP contribution in [0, 0.1) is 19.7 Å². The minimum atomic E-state index is -4.66. The lowest BCUT2D eigenvalue weighted by Gasteiger charge is -2.55. The van der Waals surface area contributed by atoms with Gasteiger partial charge in [0.1, 0.15) is 34.5 Å². The second-order valence-electron chi connectivity index (χ2n) is 32.4. The van der Waals surface area contributed by atoms with Gasteiger partial charge in [0.2, 0.25) is 0 Å². The van der Waals surface area contributed by atoms with Crippen LogP contribution in [0.2, 0.25) is 5.02 Å². The molecule has 0 spiro atoms. The van der Waals surface area contributed by atoms with E-state index in [0.29, 0.717) is 28.8 Å². The van der Waals surface area contributed by atoms with Crippen LogP contribution >= 0.6 is 11.6 Å². The van der Waals surface area contributed by atoms with Crippen LogP contribution in [0.3, 0.4) is 0 Å². The molecule has 5 saturated heterocycles. The lowest BCUT2D eigenvalue weighted by atomic mass is 9.81. The summed E-state index contributed by atoms with van der Waals surface area (Å²) in [6.07, 6.45) is -17.0. The van der Waals surface area contributed by atoms with E-state index in [9.17, 15) is 89.4 Å². The maximum absolute atomic E-state index is 17.4. The molecule has 708 valence electrons. The predicted octanol–water partition coefficient (Wildman–Crippen LogP) is 23.6. The Bertz CT molecular complexity index is 5540. The molecular weight excluding hydrogens is 1820 g/mol. The summed E-state index contributed by atoms with van der Waals surface area (Å²) in [7, 11) is 1.44. The molecule has 5 aliphatic heterocycles. The first kappa shape index (κ1) is 99.5. The number of urea groups is 4. The van der Waals surface area contributed by atoms with Crippen molar-refractivity contribution in [3.63, 3.8) is 0 Å². The number of anilines is 4. The summed E-state index contributed by atoms with van der Waals surface area (Å²) < 4.78 is 292. The number of piperidine rings is 5. The summed E-state index contributed by atoms with van der Waals surface area (Å²) in [5.41, 5.74) is -11.2. The van der Waals surface area contributed by atoms with Crippen LogP contribution in [0.15, 0.2) is 207 Å². The third kappa shape index (κ3) is 23.7. The number of quaternary nitrogens is 1. The monoisotopic (exact) mass is 1900 g/mol. The number of pyridine rings is 6. The second-order valence-corrected chi connectivity index (χ2v) is 32.8. The highest BCUT2D eigenvalue weighted by atomic mass is 35.5. The van der Waals surface area contributed by atoms with E-state index in [1.54, 1.807) is 62.4 Å². The van der Waals surface area contributed by atoms with E-state index in [4.69, 9.17) is 16.3 Å². The minimum Gasteiger partial charge on any atom is -0.495 e. The van der Waals surface area contributed by atoms with E-state index in [-0.39, 0.29) is 184 Å². The van der Waals surface area contributed by atoms with Gasteiger partial charge in [0.05, 0.1) is 76.5 Å². The predicted molar refractivity (Wildman–Crippen MR) is 450 cm³/mol. The van der Waals surface area contributed by atoms with Crippen molar-refractivity contribution in [3.05, 3.63) is 285 Å². The number of likely N-dealkylation sites (tertiary alicyclic amines) is 5. The van der Waals surface area contributed by atoms with Gasteiger partial charge in [-0.2, -0.15) is 65.9 Å². The van der Waals surface area contributed by atoms with Crippen molar-refractivity contribution in [1.29, 1.82) is 0 Å². The number of carbonyl (C=O) groups is 4. The molecule has 0 radical (unpaired) electrons. The lowest BCUT2D eigenvalue weighted by molar-refractivity contribution is -0.138. The standard InChI is InChI=1S/C36H34F8N6O.C19H19F4N3O2.C18H16ClF4N3O.C18H16F5N3O/c1-23-5-3-16-45-30(23)33(37)14-19-50(20-15-33,27-10-7-25(8-11-27)35(39,40)41)29-21-34(38,31-24(2)6-4-17-46-31)13-18-49(29)32(51)48-28-12-9-26(22-47-28)36(42,43)44;1-28-15-3-2-10-24-16(15)18(20)8-11-26(12-9-18)17(27)25-14-6-4-13(5-7-14)19(21,22)23;2*19-14-2-1-9-24-15(14)17(20)7-10-26(11-8-17)16(27)25-13-5-3-12(4-6-13)18(21,22)23/h3-12,16-17,22,29H,13-15,18-21H2,1-2H3;2-7,10H,8-9,11-12H2,1H3,(H,25,27);2*1-6,9H,7-8,10-11H2,(H,25,27)/p+1. The quantitative estimate of drug-likeness (QED) is 0.0666. The van der Waals surface area contributed by atoms with Gasteiger partial charge in [-0.25, -0.2) is 50.5 Å². The zero-order valence-electron chi connectivity index (χ0n) is 70.9. The highest BCUT2D eigenvalue weighted by Crippen LogP contribution is 2.51. The van der Waals surface area contributed by atoms with Crippen molar-refractivity contribution in [2.45, 2.75) is 143 Å². The Kier molecular flexibility index (Phi) is 30.0. The summed E-state index contributed by atoms with van der Waals surface area (Å²) >= 11 is 6.02. The van der Waals surface area contributed by atoms with Crippen LogP contribution < -0.4 is 30.5 Å². The molecule has 0 bridgehead atoms. The highest BCUT2D eigenvalue weighted by molar-refractivity contribution is 6.31. The summed E-state index contributed by atoms with van der Waals surface area (Å²) in [5.74, 6) is -0.576. The molecule has 0 aliphatic carbocycles. The largest absolute Gasteiger partial charge is 0.495 e. The Morgan fingerprint density at radius 3 is 1.08 bits per heavy atom. The SMILES string of the molecule is COc1cccnc1C1(F)CCN(C(=O)Nc2ccc(C(F)(F)F)cc2)CC1.Cc1cccnc1C1(F)CC[N+](c2ccc(C(F)(F)F)cc2)(C2CC(F)(c3ncccc3C)CCN2C(=O)Nc2ccc(C(F)(F)F)cn2)CC1.O=C(Nc1ccc(C(F)(F)F)cc1)N1CCC(F)(c2ncccc2Cl)CC1.O=C(Nc1ccc(C(F)(F)F)cc1)N1CCC(F)(c2ncccc2F)CC1. The molecule has 133 heavy (non-hydrogen) atoms. The molecule has 15 rings (SSSR count). The van der Waals surface area contributed by atoms with E-state index >= 15 is 22.0 Å². The van der Waals surface area contributed by atoms with E-state index in [1.165, 1.54) is 100 Å². The highest BCUT2D eigenvalue weighted by Gasteiger charge is 2.58. The van der Waals surface area contributed by atoms with Gasteiger partial charge >= 0.3 is 55.0 Å². The molecule has 2 atom stereocenters. The summed E-state index contributed by atoms with van der Waals surface area (Å²) in [5, 5.41) is 10.3. The zero-order chi connectivity index (χ0) is 96.5. The second kappa shape index (κ2) is 40.1. The fourth-order valence-electron chi connectivity index (χ4n) is 16.5. The van der Waals surface area contributed by atoms with Crippen LogP contribution in [0.1, 0.15) is 132 Å². The molecular formula is C91H86ClF21N15O5+. The van der Waals surface area contributed by atoms with Crippen LogP contribution in [0.5, 0.6) is 5.75 Å². The van der Waals surface area contributed by atoms with Gasteiger partial charge in [0, 0.05) is 158 Å². The number of nitrogens with zero attached hydrogens (tertiary/aromatic N) is 11. The Morgan fingerprint density at radius 1 is 0.376 bits per heavy atom. The lowest BCUT2D eigenvalue weighted by Crippen LogP contribution is -2.71. The number of aryl methyl sites for hydroxylation is 2. The van der Waals surface area contributed by atoms with Crippen LogP contribution in [-0.2, 0) is 59.2 Å². The topological polar surface area (TPSA) is 216 Å².